The lowest BCUT2D eigenvalue weighted by molar-refractivity contribution is -0.108. The molecule has 0 bridgehead atoms. The lowest BCUT2D eigenvalue weighted by Gasteiger charge is -2.11. The first-order valence-corrected chi connectivity index (χ1v) is 11.0. The van der Waals surface area contributed by atoms with E-state index in [0.717, 1.165) is 54.1 Å². The van der Waals surface area contributed by atoms with Crippen molar-refractivity contribution in [2.75, 3.05) is 25.3 Å². The number of ether oxygens (including phenoxy) is 3. The van der Waals surface area contributed by atoms with Crippen molar-refractivity contribution in [1.29, 1.82) is 0 Å². The second kappa shape index (κ2) is 9.26. The highest BCUT2D eigenvalue weighted by molar-refractivity contribution is 5.65. The predicted molar refractivity (Wildman–Crippen MR) is 120 cm³/mol. The van der Waals surface area contributed by atoms with Crippen LogP contribution in [0.4, 0.5) is 5.95 Å². The number of carbonyl (C=O) groups excluding carboxylic acids is 1. The summed E-state index contributed by atoms with van der Waals surface area (Å²) in [5.41, 5.74) is 4.38. The highest BCUT2D eigenvalue weighted by Crippen LogP contribution is 2.37. The Kier molecular flexibility index (Phi) is 5.87. The number of benzene rings is 2. The molecular formula is C25H25N3O4. The summed E-state index contributed by atoms with van der Waals surface area (Å²) < 4.78 is 16.7. The van der Waals surface area contributed by atoms with Gasteiger partial charge in [0, 0.05) is 24.7 Å². The van der Waals surface area contributed by atoms with Crippen LogP contribution in [0.5, 0.6) is 17.2 Å². The molecule has 0 spiro atoms. The Labute approximate surface area is 186 Å². The first kappa shape index (κ1) is 20.3. The molecular weight excluding hydrogens is 406 g/mol. The Bertz CT molecular complexity index is 1120. The lowest BCUT2D eigenvalue weighted by atomic mass is 9.99. The van der Waals surface area contributed by atoms with E-state index < -0.39 is 0 Å². The summed E-state index contributed by atoms with van der Waals surface area (Å²) in [6.45, 7) is 1.56. The zero-order valence-corrected chi connectivity index (χ0v) is 17.8. The van der Waals surface area contributed by atoms with Gasteiger partial charge >= 0.3 is 0 Å². The minimum Gasteiger partial charge on any atom is -0.494 e. The van der Waals surface area contributed by atoms with Gasteiger partial charge < -0.3 is 24.3 Å². The Morgan fingerprint density at radius 2 is 2.06 bits per heavy atom. The quantitative estimate of drug-likeness (QED) is 0.398. The fourth-order valence-corrected chi connectivity index (χ4v) is 4.26. The molecule has 0 unspecified atom stereocenters. The van der Waals surface area contributed by atoms with Crippen molar-refractivity contribution < 1.29 is 19.0 Å². The van der Waals surface area contributed by atoms with Gasteiger partial charge in [0.1, 0.15) is 12.0 Å². The van der Waals surface area contributed by atoms with E-state index in [2.05, 4.69) is 27.4 Å². The number of hydrogen-bond donors (Lipinski definition) is 1. The molecule has 164 valence electrons. The summed E-state index contributed by atoms with van der Waals surface area (Å²) in [6, 6.07) is 13.9. The van der Waals surface area contributed by atoms with Crippen LogP contribution < -0.4 is 19.5 Å². The molecule has 1 aliphatic heterocycles. The highest BCUT2D eigenvalue weighted by atomic mass is 16.7. The van der Waals surface area contributed by atoms with Crippen molar-refractivity contribution in [3.8, 4) is 28.5 Å². The van der Waals surface area contributed by atoms with Crippen LogP contribution in [0.2, 0.25) is 0 Å². The number of nitrogens with one attached hydrogen (secondary N) is 1. The molecule has 7 heteroatoms. The summed E-state index contributed by atoms with van der Waals surface area (Å²) in [7, 11) is 0. The summed E-state index contributed by atoms with van der Waals surface area (Å²) >= 11 is 0. The van der Waals surface area contributed by atoms with Crippen molar-refractivity contribution >= 4 is 12.2 Å². The maximum absolute atomic E-state index is 10.8. The van der Waals surface area contributed by atoms with Crippen LogP contribution in [0.1, 0.15) is 36.3 Å². The van der Waals surface area contributed by atoms with Gasteiger partial charge in [-0.15, -0.1) is 0 Å². The van der Waals surface area contributed by atoms with Gasteiger partial charge in [-0.25, -0.2) is 9.97 Å². The standard InChI is InChI=1S/C25H25N3O4/c29-12-9-17-2-3-18-14-20(5-6-21(17)18)30-13-1-10-26-25-27-11-8-22(28-25)19-4-7-23-24(15-19)32-16-31-23/h4-8,11-12,14-15,17H,1-3,9-10,13,16H2,(H,26,27,28)/t17-/m0/s1. The van der Waals surface area contributed by atoms with Crippen molar-refractivity contribution in [3.63, 3.8) is 0 Å². The highest BCUT2D eigenvalue weighted by Gasteiger charge is 2.22. The summed E-state index contributed by atoms with van der Waals surface area (Å²) in [6.07, 6.45) is 6.26. The third-order valence-corrected chi connectivity index (χ3v) is 5.89. The number of rotatable bonds is 9. The first-order valence-electron chi connectivity index (χ1n) is 11.0. The number of hydrogen-bond acceptors (Lipinski definition) is 7. The first-order chi connectivity index (χ1) is 15.8. The molecule has 0 radical (unpaired) electrons. The summed E-state index contributed by atoms with van der Waals surface area (Å²) in [5, 5.41) is 3.26. The summed E-state index contributed by atoms with van der Waals surface area (Å²) in [4.78, 5) is 19.7. The van der Waals surface area contributed by atoms with Crippen LogP contribution in [-0.2, 0) is 11.2 Å². The lowest BCUT2D eigenvalue weighted by Crippen LogP contribution is -2.09. The number of aryl methyl sites for hydroxylation is 1. The zero-order valence-electron chi connectivity index (χ0n) is 17.8. The summed E-state index contributed by atoms with van der Waals surface area (Å²) in [5.74, 6) is 3.33. The molecule has 0 saturated heterocycles. The maximum atomic E-state index is 10.8. The van der Waals surface area contributed by atoms with Crippen LogP contribution in [0, 0.1) is 0 Å². The number of aldehydes is 1. The van der Waals surface area contributed by atoms with Crippen molar-refractivity contribution in [2.45, 2.75) is 31.6 Å². The molecule has 0 fully saturated rings. The second-order valence-electron chi connectivity index (χ2n) is 7.96. The number of carbonyl (C=O) groups is 1. The number of anilines is 1. The van der Waals surface area contributed by atoms with E-state index in [4.69, 9.17) is 14.2 Å². The van der Waals surface area contributed by atoms with E-state index in [0.29, 0.717) is 31.4 Å². The Morgan fingerprint density at radius 1 is 1.12 bits per heavy atom. The largest absolute Gasteiger partial charge is 0.494 e. The molecule has 5 rings (SSSR count). The smallest absolute Gasteiger partial charge is 0.231 e. The molecule has 0 amide bonds. The van der Waals surface area contributed by atoms with Gasteiger partial charge in [-0.1, -0.05) is 6.07 Å². The Hall–Kier alpha value is -3.61. The number of nitrogens with zero attached hydrogens (tertiary/aromatic N) is 2. The van der Waals surface area contributed by atoms with Gasteiger partial charge in [0.15, 0.2) is 11.5 Å². The van der Waals surface area contributed by atoms with Crippen molar-refractivity contribution in [2.24, 2.45) is 0 Å². The van der Waals surface area contributed by atoms with E-state index in [1.807, 2.05) is 30.3 Å². The molecule has 2 heterocycles. The molecule has 3 aromatic rings. The SMILES string of the molecule is O=CC[C@@H]1CCc2cc(OCCCNc3nccc(-c4ccc5c(c4)OCO5)n3)ccc21. The number of fused-ring (bicyclic) bond motifs is 2. The van der Waals surface area contributed by atoms with E-state index in [1.165, 1.54) is 11.1 Å². The van der Waals surface area contributed by atoms with E-state index in [9.17, 15) is 4.79 Å². The molecule has 32 heavy (non-hydrogen) atoms. The molecule has 1 aliphatic carbocycles. The Balaban J connectivity index is 1.11. The van der Waals surface area contributed by atoms with Gasteiger partial charge in [-0.3, -0.25) is 0 Å². The van der Waals surface area contributed by atoms with Gasteiger partial charge in [-0.2, -0.15) is 0 Å². The second-order valence-corrected chi connectivity index (χ2v) is 7.96. The maximum Gasteiger partial charge on any atom is 0.231 e. The molecule has 7 nitrogen and oxygen atoms in total. The predicted octanol–water partition coefficient (Wildman–Crippen LogP) is 4.37. The minimum absolute atomic E-state index is 0.254. The van der Waals surface area contributed by atoms with Crippen LogP contribution in [0.25, 0.3) is 11.3 Å². The van der Waals surface area contributed by atoms with Gasteiger partial charge in [-0.05, 0) is 72.7 Å². The molecule has 2 aromatic carbocycles. The van der Waals surface area contributed by atoms with Crippen molar-refractivity contribution in [1.82, 2.24) is 9.97 Å². The van der Waals surface area contributed by atoms with Gasteiger partial charge in [0.2, 0.25) is 12.7 Å². The fourth-order valence-electron chi connectivity index (χ4n) is 4.26. The molecule has 2 aliphatic rings. The third-order valence-electron chi connectivity index (χ3n) is 5.89. The van der Waals surface area contributed by atoms with Gasteiger partial charge in [0.25, 0.3) is 0 Å². The van der Waals surface area contributed by atoms with Crippen LogP contribution in [-0.4, -0.2) is 36.2 Å². The fraction of sp³-hybridized carbons (Fsp3) is 0.320. The zero-order chi connectivity index (χ0) is 21.8. The average Bonchev–Trinajstić information content (AvgIpc) is 3.45. The molecule has 1 N–H and O–H groups in total. The van der Waals surface area contributed by atoms with Crippen LogP contribution in [0.3, 0.4) is 0 Å². The minimum atomic E-state index is 0.254. The number of aromatic nitrogens is 2. The average molecular weight is 431 g/mol. The van der Waals surface area contributed by atoms with E-state index in [1.54, 1.807) is 6.20 Å². The van der Waals surface area contributed by atoms with Crippen LogP contribution >= 0.6 is 0 Å². The topological polar surface area (TPSA) is 82.6 Å². The van der Waals surface area contributed by atoms with Gasteiger partial charge in [0.05, 0.1) is 12.3 Å². The van der Waals surface area contributed by atoms with E-state index >= 15 is 0 Å². The molecule has 1 atom stereocenters. The Morgan fingerprint density at radius 3 is 3.00 bits per heavy atom. The monoisotopic (exact) mass is 431 g/mol. The normalized spacial score (nSPS) is 15.9. The van der Waals surface area contributed by atoms with Crippen LogP contribution in [0.15, 0.2) is 48.7 Å². The van der Waals surface area contributed by atoms with Crippen molar-refractivity contribution in [3.05, 3.63) is 59.8 Å². The third kappa shape index (κ3) is 4.37. The molecule has 1 aromatic heterocycles. The van der Waals surface area contributed by atoms with E-state index in [-0.39, 0.29) is 6.79 Å². The molecule has 0 saturated carbocycles.